The fraction of sp³-hybridized carbons (Fsp3) is 0.125. The minimum absolute atomic E-state index is 0. The molecule has 2 N–H and O–H groups in total. The van der Waals surface area contributed by atoms with E-state index < -0.39 is 0 Å². The van der Waals surface area contributed by atoms with Gasteiger partial charge in [0.05, 0.1) is 11.5 Å². The SMILES string of the molecule is CC(N)=Nc1cc(Br)ccc1Br.Cl. The summed E-state index contributed by atoms with van der Waals surface area (Å²) < 4.78 is 1.93. The van der Waals surface area contributed by atoms with Gasteiger partial charge in [-0.05, 0) is 41.1 Å². The maximum Gasteiger partial charge on any atom is 0.0965 e. The van der Waals surface area contributed by atoms with E-state index in [4.69, 9.17) is 5.73 Å². The summed E-state index contributed by atoms with van der Waals surface area (Å²) in [5.74, 6) is 0.550. The first kappa shape index (κ1) is 12.9. The maximum absolute atomic E-state index is 5.46. The Morgan fingerprint density at radius 3 is 2.54 bits per heavy atom. The van der Waals surface area contributed by atoms with Crippen molar-refractivity contribution in [1.29, 1.82) is 0 Å². The Hall–Kier alpha value is -0.0600. The zero-order chi connectivity index (χ0) is 9.14. The first-order chi connectivity index (χ1) is 5.59. The number of aliphatic imine (C=N–C) groups is 1. The summed E-state index contributed by atoms with van der Waals surface area (Å²) in [6.45, 7) is 1.76. The lowest BCUT2D eigenvalue weighted by atomic mass is 10.3. The molecule has 13 heavy (non-hydrogen) atoms. The van der Waals surface area contributed by atoms with E-state index in [1.807, 2.05) is 18.2 Å². The third-order valence-electron chi connectivity index (χ3n) is 1.20. The van der Waals surface area contributed by atoms with Gasteiger partial charge in [0, 0.05) is 8.95 Å². The highest BCUT2D eigenvalue weighted by atomic mass is 79.9. The number of nitrogens with two attached hydrogens (primary N) is 1. The van der Waals surface area contributed by atoms with E-state index in [0.717, 1.165) is 14.6 Å². The first-order valence-electron chi connectivity index (χ1n) is 3.35. The number of nitrogens with zero attached hydrogens (tertiary/aromatic N) is 1. The van der Waals surface area contributed by atoms with Crippen molar-refractivity contribution in [2.75, 3.05) is 0 Å². The number of amidine groups is 1. The largest absolute Gasteiger partial charge is 0.387 e. The van der Waals surface area contributed by atoms with E-state index in [1.54, 1.807) is 6.92 Å². The summed E-state index contributed by atoms with van der Waals surface area (Å²) in [5.41, 5.74) is 6.29. The van der Waals surface area contributed by atoms with Crippen LogP contribution in [0, 0.1) is 0 Å². The molecule has 72 valence electrons. The Morgan fingerprint density at radius 2 is 2.00 bits per heavy atom. The zero-order valence-electron chi connectivity index (χ0n) is 6.92. The molecule has 1 rings (SSSR count). The highest BCUT2D eigenvalue weighted by molar-refractivity contribution is 9.11. The van der Waals surface area contributed by atoms with E-state index in [-0.39, 0.29) is 12.4 Å². The second kappa shape index (κ2) is 5.62. The second-order valence-electron chi connectivity index (χ2n) is 2.35. The van der Waals surface area contributed by atoms with Crippen molar-refractivity contribution in [1.82, 2.24) is 0 Å². The summed E-state index contributed by atoms with van der Waals surface area (Å²) in [6.07, 6.45) is 0. The van der Waals surface area contributed by atoms with Crippen molar-refractivity contribution in [3.05, 3.63) is 27.1 Å². The number of benzene rings is 1. The van der Waals surface area contributed by atoms with Crippen molar-refractivity contribution in [2.24, 2.45) is 10.7 Å². The molecule has 0 saturated heterocycles. The predicted molar refractivity (Wildman–Crippen MR) is 66.0 cm³/mol. The van der Waals surface area contributed by atoms with Crippen LogP contribution in [0.3, 0.4) is 0 Å². The third kappa shape index (κ3) is 4.11. The molecule has 0 bridgehead atoms. The molecule has 0 atom stereocenters. The van der Waals surface area contributed by atoms with E-state index in [2.05, 4.69) is 36.9 Å². The van der Waals surface area contributed by atoms with Crippen molar-refractivity contribution in [3.8, 4) is 0 Å². The molecule has 1 aromatic rings. The molecule has 2 nitrogen and oxygen atoms in total. The highest BCUT2D eigenvalue weighted by Crippen LogP contribution is 2.28. The fourth-order valence-corrected chi connectivity index (χ4v) is 1.45. The molecule has 0 spiro atoms. The Balaban J connectivity index is 0.00000144. The third-order valence-corrected chi connectivity index (χ3v) is 2.37. The van der Waals surface area contributed by atoms with Crippen molar-refractivity contribution >= 4 is 55.8 Å². The van der Waals surface area contributed by atoms with E-state index in [1.165, 1.54) is 0 Å². The van der Waals surface area contributed by atoms with Crippen LogP contribution in [0.2, 0.25) is 0 Å². The van der Waals surface area contributed by atoms with Crippen LogP contribution in [0.5, 0.6) is 0 Å². The van der Waals surface area contributed by atoms with Crippen LogP contribution in [0.15, 0.2) is 32.1 Å². The van der Waals surface area contributed by atoms with Crippen LogP contribution in [0.1, 0.15) is 6.92 Å². The smallest absolute Gasteiger partial charge is 0.0965 e. The van der Waals surface area contributed by atoms with Crippen LogP contribution >= 0.6 is 44.3 Å². The quantitative estimate of drug-likeness (QED) is 0.620. The average molecular weight is 328 g/mol. The molecule has 0 aromatic heterocycles. The zero-order valence-corrected chi connectivity index (χ0v) is 10.9. The number of rotatable bonds is 1. The van der Waals surface area contributed by atoms with Crippen LogP contribution < -0.4 is 5.73 Å². The lowest BCUT2D eigenvalue weighted by Crippen LogP contribution is -2.03. The average Bonchev–Trinajstić information content (AvgIpc) is 1.96. The molecular weight excluding hydrogens is 319 g/mol. The van der Waals surface area contributed by atoms with E-state index in [0.29, 0.717) is 5.84 Å². The van der Waals surface area contributed by atoms with Gasteiger partial charge in [0.15, 0.2) is 0 Å². The molecule has 5 heteroatoms. The maximum atomic E-state index is 5.46. The summed E-state index contributed by atoms with van der Waals surface area (Å²) in [5, 5.41) is 0. The first-order valence-corrected chi connectivity index (χ1v) is 4.94. The van der Waals surface area contributed by atoms with Crippen molar-refractivity contribution in [2.45, 2.75) is 6.92 Å². The number of hydrogen-bond donors (Lipinski definition) is 1. The molecule has 0 fully saturated rings. The lowest BCUT2D eigenvalue weighted by molar-refractivity contribution is 1.42. The molecule has 0 aliphatic heterocycles. The Bertz CT molecular complexity index is 322. The Morgan fingerprint density at radius 1 is 1.38 bits per heavy atom. The second-order valence-corrected chi connectivity index (χ2v) is 4.12. The van der Waals surface area contributed by atoms with Gasteiger partial charge in [-0.25, -0.2) is 4.99 Å². The van der Waals surface area contributed by atoms with Crippen molar-refractivity contribution in [3.63, 3.8) is 0 Å². The van der Waals surface area contributed by atoms with Gasteiger partial charge in [-0.2, -0.15) is 0 Å². The fourth-order valence-electron chi connectivity index (χ4n) is 0.761. The molecule has 0 amide bonds. The Kier molecular flexibility index (Phi) is 5.60. The van der Waals surface area contributed by atoms with Gasteiger partial charge in [-0.1, -0.05) is 15.9 Å². The number of halogens is 3. The monoisotopic (exact) mass is 326 g/mol. The van der Waals surface area contributed by atoms with Gasteiger partial charge in [-0.15, -0.1) is 12.4 Å². The summed E-state index contributed by atoms with van der Waals surface area (Å²) in [4.78, 5) is 4.14. The molecule has 1 aromatic carbocycles. The molecule has 0 aliphatic carbocycles. The van der Waals surface area contributed by atoms with Gasteiger partial charge in [-0.3, -0.25) is 0 Å². The van der Waals surface area contributed by atoms with Gasteiger partial charge >= 0.3 is 0 Å². The lowest BCUT2D eigenvalue weighted by Gasteiger charge is -1.99. The van der Waals surface area contributed by atoms with E-state index in [9.17, 15) is 0 Å². The van der Waals surface area contributed by atoms with Gasteiger partial charge in [0.25, 0.3) is 0 Å². The standard InChI is InChI=1S/C8H8Br2N2.ClH/c1-5(11)12-8-4-6(9)2-3-7(8)10;/h2-4H,1H3,(H2,11,12);1H. The highest BCUT2D eigenvalue weighted by Gasteiger charge is 1.97. The van der Waals surface area contributed by atoms with Crippen LogP contribution in [-0.4, -0.2) is 5.84 Å². The van der Waals surface area contributed by atoms with Gasteiger partial charge in [0.1, 0.15) is 0 Å². The van der Waals surface area contributed by atoms with E-state index >= 15 is 0 Å². The minimum atomic E-state index is 0. The summed E-state index contributed by atoms with van der Waals surface area (Å²) >= 11 is 6.73. The van der Waals surface area contributed by atoms with Crippen LogP contribution in [-0.2, 0) is 0 Å². The molecule has 0 saturated carbocycles. The van der Waals surface area contributed by atoms with Gasteiger partial charge in [0.2, 0.25) is 0 Å². The predicted octanol–water partition coefficient (Wildman–Crippen LogP) is 3.64. The molecule has 0 unspecified atom stereocenters. The van der Waals surface area contributed by atoms with Crippen LogP contribution in [0.25, 0.3) is 0 Å². The normalized spacial score (nSPS) is 10.8. The molecule has 0 aliphatic rings. The minimum Gasteiger partial charge on any atom is -0.387 e. The summed E-state index contributed by atoms with van der Waals surface area (Å²) in [6, 6.07) is 5.77. The number of hydrogen-bond acceptors (Lipinski definition) is 1. The van der Waals surface area contributed by atoms with Gasteiger partial charge < -0.3 is 5.73 Å². The Labute approximate surface area is 100 Å². The van der Waals surface area contributed by atoms with Crippen LogP contribution in [0.4, 0.5) is 5.69 Å². The molecule has 0 radical (unpaired) electrons. The topological polar surface area (TPSA) is 38.4 Å². The molecule has 0 heterocycles. The van der Waals surface area contributed by atoms with Crippen molar-refractivity contribution < 1.29 is 0 Å². The molecular formula is C8H9Br2ClN2. The summed E-state index contributed by atoms with van der Waals surface area (Å²) in [7, 11) is 0.